The van der Waals surface area contributed by atoms with Crippen molar-refractivity contribution < 1.29 is 14.2 Å². The van der Waals surface area contributed by atoms with Crippen LogP contribution in [0.2, 0.25) is 0 Å². The first kappa shape index (κ1) is 12.6. The van der Waals surface area contributed by atoms with Crippen molar-refractivity contribution in [1.29, 1.82) is 0 Å². The summed E-state index contributed by atoms with van der Waals surface area (Å²) < 4.78 is 17.7. The fourth-order valence-corrected chi connectivity index (χ4v) is 2.79. The van der Waals surface area contributed by atoms with Crippen molar-refractivity contribution in [3.05, 3.63) is 17.7 Å². The van der Waals surface area contributed by atoms with Crippen LogP contribution >= 0.6 is 0 Å². The predicted octanol–water partition coefficient (Wildman–Crippen LogP) is 2.67. The molecule has 2 heterocycles. The molecule has 4 heteroatoms. The van der Waals surface area contributed by atoms with Crippen LogP contribution in [0.15, 0.2) is 12.1 Å². The van der Waals surface area contributed by atoms with Crippen molar-refractivity contribution >= 4 is 0 Å². The van der Waals surface area contributed by atoms with Crippen LogP contribution in [0.3, 0.4) is 0 Å². The van der Waals surface area contributed by atoms with Crippen LogP contribution in [0.4, 0.5) is 0 Å². The fraction of sp³-hybridized carbons (Fsp3) is 0.600. The Kier molecular flexibility index (Phi) is 3.05. The molecule has 4 nitrogen and oxygen atoms in total. The van der Waals surface area contributed by atoms with Crippen molar-refractivity contribution in [2.24, 2.45) is 0 Å². The first-order valence-corrected chi connectivity index (χ1v) is 6.95. The Bertz CT molecular complexity index is 489. The average molecular weight is 263 g/mol. The van der Waals surface area contributed by atoms with Crippen molar-refractivity contribution in [1.82, 2.24) is 5.32 Å². The molecule has 2 aliphatic rings. The quantitative estimate of drug-likeness (QED) is 0.890. The molecule has 0 spiro atoms. The van der Waals surface area contributed by atoms with E-state index in [4.69, 9.17) is 14.2 Å². The molecular formula is C15H21NO3. The normalized spacial score (nSPS) is 28.5. The molecule has 0 aromatic heterocycles. The molecule has 1 N–H and O–H groups in total. The molecule has 2 unspecified atom stereocenters. The Morgan fingerprint density at radius 3 is 2.79 bits per heavy atom. The van der Waals surface area contributed by atoms with Gasteiger partial charge in [-0.3, -0.25) is 0 Å². The lowest BCUT2D eigenvalue weighted by molar-refractivity contribution is 0.0379. The highest BCUT2D eigenvalue weighted by atomic mass is 16.6. The first-order valence-electron chi connectivity index (χ1n) is 6.95. The minimum absolute atomic E-state index is 0.156. The topological polar surface area (TPSA) is 39.7 Å². The number of nitrogens with one attached hydrogen (secondary N) is 1. The molecule has 0 saturated carbocycles. The minimum atomic E-state index is -0.156. The average Bonchev–Trinajstić information content (AvgIpc) is 2.46. The van der Waals surface area contributed by atoms with E-state index in [0.717, 1.165) is 35.7 Å². The summed E-state index contributed by atoms with van der Waals surface area (Å²) in [5, 5.41) is 3.38. The zero-order chi connectivity index (χ0) is 13.5. The van der Waals surface area contributed by atoms with Gasteiger partial charge < -0.3 is 19.5 Å². The summed E-state index contributed by atoms with van der Waals surface area (Å²) in [7, 11) is 1.99. The molecule has 0 bridgehead atoms. The van der Waals surface area contributed by atoms with Gasteiger partial charge in [0.2, 0.25) is 5.75 Å². The third kappa shape index (κ3) is 2.04. The Morgan fingerprint density at radius 1 is 1.26 bits per heavy atom. The van der Waals surface area contributed by atoms with Crippen LogP contribution in [0.5, 0.6) is 17.2 Å². The number of hydrogen-bond donors (Lipinski definition) is 1. The molecule has 2 atom stereocenters. The maximum Gasteiger partial charge on any atom is 0.204 e. The van der Waals surface area contributed by atoms with Crippen LogP contribution in [0.25, 0.3) is 0 Å². The molecule has 0 radical (unpaired) electrons. The van der Waals surface area contributed by atoms with Crippen LogP contribution < -0.4 is 19.5 Å². The van der Waals surface area contributed by atoms with Gasteiger partial charge in [0.05, 0.1) is 0 Å². The van der Waals surface area contributed by atoms with E-state index in [1.165, 1.54) is 0 Å². The van der Waals surface area contributed by atoms with Crippen LogP contribution in [-0.4, -0.2) is 25.9 Å². The van der Waals surface area contributed by atoms with Crippen molar-refractivity contribution in [2.45, 2.75) is 38.3 Å². The summed E-state index contributed by atoms with van der Waals surface area (Å²) in [5.41, 5.74) is 1.01. The van der Waals surface area contributed by atoms with Crippen molar-refractivity contribution in [3.8, 4) is 17.2 Å². The molecule has 0 fully saturated rings. The van der Waals surface area contributed by atoms with Crippen molar-refractivity contribution in [3.63, 3.8) is 0 Å². The van der Waals surface area contributed by atoms with Gasteiger partial charge in [0, 0.05) is 18.0 Å². The zero-order valence-electron chi connectivity index (χ0n) is 11.8. The Balaban J connectivity index is 2.09. The van der Waals surface area contributed by atoms with Gasteiger partial charge >= 0.3 is 0 Å². The third-order valence-electron chi connectivity index (χ3n) is 4.15. The molecule has 0 amide bonds. The van der Waals surface area contributed by atoms with E-state index in [1.807, 2.05) is 13.1 Å². The zero-order valence-corrected chi connectivity index (χ0v) is 11.8. The molecule has 0 aliphatic carbocycles. The van der Waals surface area contributed by atoms with Gasteiger partial charge in [-0.1, -0.05) is 6.92 Å². The summed E-state index contributed by atoms with van der Waals surface area (Å²) in [6, 6.07) is 4.36. The highest BCUT2D eigenvalue weighted by Gasteiger charge is 2.38. The van der Waals surface area contributed by atoms with Gasteiger partial charge in [0.25, 0.3) is 0 Å². The van der Waals surface area contributed by atoms with Crippen LogP contribution in [0, 0.1) is 0 Å². The third-order valence-corrected chi connectivity index (χ3v) is 4.15. The second-order valence-electron chi connectivity index (χ2n) is 5.46. The SMILES string of the molecule is CCC1(C)CC(NC)c2ccc3c(c2O1)OCCO3. The van der Waals surface area contributed by atoms with Gasteiger partial charge in [-0.25, -0.2) is 0 Å². The Hall–Kier alpha value is -1.42. The maximum atomic E-state index is 6.25. The number of rotatable bonds is 2. The smallest absolute Gasteiger partial charge is 0.204 e. The first-order chi connectivity index (χ1) is 9.17. The number of benzene rings is 1. The van der Waals surface area contributed by atoms with E-state index in [1.54, 1.807) is 0 Å². The monoisotopic (exact) mass is 263 g/mol. The van der Waals surface area contributed by atoms with Gasteiger partial charge in [-0.15, -0.1) is 0 Å². The summed E-state index contributed by atoms with van der Waals surface area (Å²) in [6.07, 6.45) is 1.93. The van der Waals surface area contributed by atoms with E-state index in [2.05, 4.69) is 25.2 Å². The summed E-state index contributed by atoms with van der Waals surface area (Å²) in [5.74, 6) is 2.41. The summed E-state index contributed by atoms with van der Waals surface area (Å²) in [4.78, 5) is 0. The molecular weight excluding hydrogens is 242 g/mol. The summed E-state index contributed by atoms with van der Waals surface area (Å²) >= 11 is 0. The Morgan fingerprint density at radius 2 is 2.05 bits per heavy atom. The van der Waals surface area contributed by atoms with E-state index in [-0.39, 0.29) is 5.60 Å². The lowest BCUT2D eigenvalue weighted by atomic mass is 9.86. The number of hydrogen-bond acceptors (Lipinski definition) is 4. The molecule has 104 valence electrons. The second-order valence-corrected chi connectivity index (χ2v) is 5.46. The van der Waals surface area contributed by atoms with E-state index < -0.39 is 0 Å². The number of fused-ring (bicyclic) bond motifs is 3. The standard InChI is InChI=1S/C15H21NO3/c1-4-15(2)9-11(16-3)10-5-6-12-14(13(10)19-15)18-8-7-17-12/h5-6,11,16H,4,7-9H2,1-3H3. The molecule has 0 saturated heterocycles. The molecule has 2 aliphatic heterocycles. The molecule has 3 rings (SSSR count). The van der Waals surface area contributed by atoms with Gasteiger partial charge in [-0.2, -0.15) is 0 Å². The van der Waals surface area contributed by atoms with E-state index in [9.17, 15) is 0 Å². The van der Waals surface area contributed by atoms with Gasteiger partial charge in [0.15, 0.2) is 11.5 Å². The van der Waals surface area contributed by atoms with E-state index in [0.29, 0.717) is 19.3 Å². The lowest BCUT2D eigenvalue weighted by Gasteiger charge is -2.40. The highest BCUT2D eigenvalue weighted by molar-refractivity contribution is 5.58. The largest absolute Gasteiger partial charge is 0.486 e. The van der Waals surface area contributed by atoms with Crippen LogP contribution in [-0.2, 0) is 0 Å². The second kappa shape index (κ2) is 4.60. The lowest BCUT2D eigenvalue weighted by Crippen LogP contribution is -2.41. The van der Waals surface area contributed by atoms with Gasteiger partial charge in [-0.05, 0) is 32.5 Å². The summed E-state index contributed by atoms with van der Waals surface area (Å²) in [6.45, 7) is 5.50. The van der Waals surface area contributed by atoms with E-state index >= 15 is 0 Å². The highest BCUT2D eigenvalue weighted by Crippen LogP contribution is 2.50. The fourth-order valence-electron chi connectivity index (χ4n) is 2.79. The molecule has 1 aromatic carbocycles. The predicted molar refractivity (Wildman–Crippen MR) is 73.2 cm³/mol. The Labute approximate surface area is 114 Å². The van der Waals surface area contributed by atoms with Gasteiger partial charge in [0.1, 0.15) is 18.8 Å². The number of ether oxygens (including phenoxy) is 3. The van der Waals surface area contributed by atoms with Crippen molar-refractivity contribution in [2.75, 3.05) is 20.3 Å². The molecule has 1 aromatic rings. The minimum Gasteiger partial charge on any atom is -0.486 e. The van der Waals surface area contributed by atoms with Crippen LogP contribution in [0.1, 0.15) is 38.3 Å². The maximum absolute atomic E-state index is 6.25. The molecule has 19 heavy (non-hydrogen) atoms.